The van der Waals surface area contributed by atoms with Crippen LogP contribution < -0.4 is 38.9 Å². The summed E-state index contributed by atoms with van der Waals surface area (Å²) in [5.41, 5.74) is 8.52. The van der Waals surface area contributed by atoms with E-state index in [9.17, 15) is 10.1 Å². The van der Waals surface area contributed by atoms with Gasteiger partial charge in [-0.1, -0.05) is 0 Å². The molecule has 0 unspecified atom stereocenters. The van der Waals surface area contributed by atoms with Gasteiger partial charge in [0.25, 0.3) is 0 Å². The van der Waals surface area contributed by atoms with Crippen LogP contribution in [0.3, 0.4) is 0 Å². The fourth-order valence-corrected chi connectivity index (χ4v) is 5.09. The maximum Gasteiger partial charge on any atom is 0.415 e. The van der Waals surface area contributed by atoms with Crippen molar-refractivity contribution in [1.29, 1.82) is 5.26 Å². The topological polar surface area (TPSA) is 173 Å². The number of allylic oxidation sites excluding steroid dienone is 1. The van der Waals surface area contributed by atoms with Crippen molar-refractivity contribution in [2.24, 2.45) is 5.73 Å². The zero-order valence-electron chi connectivity index (χ0n) is 24.3. The van der Waals surface area contributed by atoms with E-state index in [1.807, 2.05) is 0 Å². The second kappa shape index (κ2) is 12.3. The quantitative estimate of drug-likeness (QED) is 0.391. The molecule has 226 valence electrons. The number of aromatic amines is 1. The number of nitriles is 1. The minimum atomic E-state index is -0.784. The van der Waals surface area contributed by atoms with E-state index in [0.717, 1.165) is 0 Å². The Morgan fingerprint density at radius 3 is 2.07 bits per heavy atom. The van der Waals surface area contributed by atoms with Gasteiger partial charge in [-0.3, -0.25) is 5.10 Å². The first-order chi connectivity index (χ1) is 20.9. The first-order valence-corrected chi connectivity index (χ1v) is 13.2. The number of hydrogen-bond donors (Lipinski definition) is 2. The molecule has 0 aliphatic carbocycles. The van der Waals surface area contributed by atoms with Gasteiger partial charge < -0.3 is 48.5 Å². The van der Waals surface area contributed by atoms with Gasteiger partial charge in [0.2, 0.25) is 23.3 Å². The van der Waals surface area contributed by atoms with Gasteiger partial charge in [0.05, 0.1) is 65.9 Å². The largest absolute Gasteiger partial charge is 0.493 e. The highest BCUT2D eigenvalue weighted by Crippen LogP contribution is 2.50. The second-order valence-corrected chi connectivity index (χ2v) is 9.38. The van der Waals surface area contributed by atoms with Crippen LogP contribution in [0, 0.1) is 11.3 Å². The lowest BCUT2D eigenvalue weighted by Crippen LogP contribution is -2.42. The SMILES string of the molecule is COc1cc(-c2[nH]nc3c2[C@@H](c2cc(OC)c(OC(=O)N4CCOCC4)c(OC)c2)C(C#N)=C(N)O3)cc(OC)c1OC. The van der Waals surface area contributed by atoms with Crippen molar-refractivity contribution in [2.75, 3.05) is 61.9 Å². The Balaban J connectivity index is 1.65. The summed E-state index contributed by atoms with van der Waals surface area (Å²) >= 11 is 0. The van der Waals surface area contributed by atoms with Gasteiger partial charge in [0, 0.05) is 18.7 Å². The molecule has 3 heterocycles. The number of rotatable bonds is 8. The molecule has 5 rings (SSSR count). The van der Waals surface area contributed by atoms with Crippen LogP contribution >= 0.6 is 0 Å². The normalized spacial score (nSPS) is 16.0. The van der Waals surface area contributed by atoms with Crippen molar-refractivity contribution in [3.63, 3.8) is 0 Å². The van der Waals surface area contributed by atoms with Crippen LogP contribution in [-0.2, 0) is 4.74 Å². The Bertz CT molecular complexity index is 1550. The standard InChI is InChI=1S/C29H31N5O9/c1-36-18-12-16(13-19(37-2)25(18)40-5)24-23-22(17(14-30)27(31)43-28(23)33-32-24)15-10-20(38-3)26(21(11-15)39-4)42-29(35)34-6-8-41-9-7-34/h10-13,22H,6-9,31H2,1-5H3,(H,32,33)/t22-/m0/s1. The fourth-order valence-electron chi connectivity index (χ4n) is 5.09. The molecule has 43 heavy (non-hydrogen) atoms. The van der Waals surface area contributed by atoms with Crippen LogP contribution in [0.5, 0.6) is 40.4 Å². The molecule has 0 radical (unpaired) electrons. The Morgan fingerprint density at radius 1 is 0.953 bits per heavy atom. The van der Waals surface area contributed by atoms with Crippen molar-refractivity contribution in [3.8, 4) is 57.7 Å². The van der Waals surface area contributed by atoms with E-state index in [0.29, 0.717) is 65.9 Å². The molecule has 0 bridgehead atoms. The molecule has 3 aromatic rings. The summed E-state index contributed by atoms with van der Waals surface area (Å²) in [6, 6.07) is 8.97. The smallest absolute Gasteiger partial charge is 0.415 e. The molecule has 2 aliphatic heterocycles. The number of H-pyrrole nitrogens is 1. The summed E-state index contributed by atoms with van der Waals surface area (Å²) in [7, 11) is 7.41. The number of carbonyl (C=O) groups excluding carboxylic acids is 1. The highest BCUT2D eigenvalue weighted by molar-refractivity contribution is 5.77. The summed E-state index contributed by atoms with van der Waals surface area (Å²) in [5, 5.41) is 17.6. The van der Waals surface area contributed by atoms with Crippen LogP contribution in [0.2, 0.25) is 0 Å². The molecule has 14 heteroatoms. The minimum absolute atomic E-state index is 0.0880. The van der Waals surface area contributed by atoms with Gasteiger partial charge in [-0.05, 0) is 29.8 Å². The van der Waals surface area contributed by atoms with Crippen molar-refractivity contribution in [2.45, 2.75) is 5.92 Å². The zero-order valence-corrected chi connectivity index (χ0v) is 24.3. The zero-order chi connectivity index (χ0) is 30.7. The number of benzene rings is 2. The molecular formula is C29H31N5O9. The number of carbonyl (C=O) groups is 1. The van der Waals surface area contributed by atoms with Gasteiger partial charge in [0.15, 0.2) is 23.0 Å². The lowest BCUT2D eigenvalue weighted by molar-refractivity contribution is 0.0411. The van der Waals surface area contributed by atoms with E-state index in [-0.39, 0.29) is 34.6 Å². The third-order valence-electron chi connectivity index (χ3n) is 7.17. The van der Waals surface area contributed by atoms with Crippen LogP contribution in [0.4, 0.5) is 4.79 Å². The minimum Gasteiger partial charge on any atom is -0.493 e. The van der Waals surface area contributed by atoms with Crippen LogP contribution in [0.1, 0.15) is 17.0 Å². The Hall–Kier alpha value is -5.29. The van der Waals surface area contributed by atoms with E-state index in [4.69, 9.17) is 43.6 Å². The molecule has 0 spiro atoms. The van der Waals surface area contributed by atoms with Crippen molar-refractivity contribution >= 4 is 6.09 Å². The maximum absolute atomic E-state index is 12.9. The summed E-state index contributed by atoms with van der Waals surface area (Å²) in [5.74, 6) is 1.02. The predicted octanol–water partition coefficient (Wildman–Crippen LogP) is 3.17. The molecule has 1 fully saturated rings. The Morgan fingerprint density at radius 2 is 1.53 bits per heavy atom. The number of nitrogens with one attached hydrogen (secondary N) is 1. The lowest BCUT2D eigenvalue weighted by atomic mass is 9.82. The predicted molar refractivity (Wildman–Crippen MR) is 151 cm³/mol. The van der Waals surface area contributed by atoms with E-state index < -0.39 is 12.0 Å². The molecule has 0 saturated carbocycles. The third kappa shape index (κ3) is 5.26. The molecule has 1 aromatic heterocycles. The number of morpholine rings is 1. The first-order valence-electron chi connectivity index (χ1n) is 13.2. The van der Waals surface area contributed by atoms with Gasteiger partial charge in [-0.25, -0.2) is 4.79 Å². The van der Waals surface area contributed by atoms with Gasteiger partial charge in [-0.15, -0.1) is 5.10 Å². The maximum atomic E-state index is 12.9. The number of ether oxygens (including phenoxy) is 8. The van der Waals surface area contributed by atoms with Crippen LogP contribution in [0.15, 0.2) is 35.7 Å². The summed E-state index contributed by atoms with van der Waals surface area (Å²) < 4.78 is 44.7. The van der Waals surface area contributed by atoms with E-state index in [1.165, 1.54) is 40.4 Å². The van der Waals surface area contributed by atoms with Gasteiger partial charge >= 0.3 is 6.09 Å². The lowest BCUT2D eigenvalue weighted by Gasteiger charge is -2.27. The van der Waals surface area contributed by atoms with Crippen LogP contribution in [-0.4, -0.2) is 83.0 Å². The summed E-state index contributed by atoms with van der Waals surface area (Å²) in [6.07, 6.45) is -0.567. The number of hydrogen-bond acceptors (Lipinski definition) is 12. The van der Waals surface area contributed by atoms with Gasteiger partial charge in [0.1, 0.15) is 11.6 Å². The molecule has 1 amide bonds. The van der Waals surface area contributed by atoms with Crippen LogP contribution in [0.25, 0.3) is 11.3 Å². The van der Waals surface area contributed by atoms with Crippen molar-refractivity contribution < 1.29 is 42.7 Å². The average Bonchev–Trinajstić information content (AvgIpc) is 3.46. The average molecular weight is 594 g/mol. The van der Waals surface area contributed by atoms with Crippen molar-refractivity contribution in [1.82, 2.24) is 15.1 Å². The van der Waals surface area contributed by atoms with E-state index >= 15 is 0 Å². The van der Waals surface area contributed by atoms with E-state index in [1.54, 1.807) is 24.3 Å². The Kier molecular flexibility index (Phi) is 8.35. The molecule has 3 N–H and O–H groups in total. The molecule has 14 nitrogen and oxygen atoms in total. The number of aromatic nitrogens is 2. The molecule has 1 saturated heterocycles. The third-order valence-corrected chi connectivity index (χ3v) is 7.17. The molecular weight excluding hydrogens is 562 g/mol. The molecule has 1 atom stereocenters. The number of nitrogens with two attached hydrogens (primary N) is 1. The van der Waals surface area contributed by atoms with E-state index in [2.05, 4.69) is 16.3 Å². The highest BCUT2D eigenvalue weighted by Gasteiger charge is 2.37. The first kappa shape index (κ1) is 29.2. The van der Waals surface area contributed by atoms with Crippen molar-refractivity contribution in [3.05, 3.63) is 46.8 Å². The summed E-state index contributed by atoms with van der Waals surface area (Å²) in [4.78, 5) is 14.5. The molecule has 2 aromatic carbocycles. The summed E-state index contributed by atoms with van der Waals surface area (Å²) in [6.45, 7) is 1.62. The highest BCUT2D eigenvalue weighted by atomic mass is 16.6. The number of nitrogens with zero attached hydrogens (tertiary/aromatic N) is 3. The number of fused-ring (bicyclic) bond motifs is 1. The van der Waals surface area contributed by atoms with Gasteiger partial charge in [-0.2, -0.15) is 5.26 Å². The molecule has 2 aliphatic rings. The number of amides is 1. The Labute approximate surface area is 247 Å². The monoisotopic (exact) mass is 593 g/mol. The number of methoxy groups -OCH3 is 5. The second-order valence-electron chi connectivity index (χ2n) is 9.38. The fraction of sp³-hybridized carbons (Fsp3) is 0.345.